The van der Waals surface area contributed by atoms with Crippen LogP contribution in [-0.2, 0) is 21.7 Å². The Balaban J connectivity index is 2.75. The van der Waals surface area contributed by atoms with Crippen LogP contribution in [0.2, 0.25) is 0 Å². The van der Waals surface area contributed by atoms with E-state index in [0.29, 0.717) is 0 Å². The number of rotatable bonds is 4. The molecule has 0 fully saturated rings. The molecule has 0 saturated carbocycles. The Labute approximate surface area is 118 Å². The maximum Gasteiger partial charge on any atom is 0.416 e. The fourth-order valence-electron chi connectivity index (χ4n) is 1.47. The molecule has 0 aliphatic rings. The van der Waals surface area contributed by atoms with Crippen LogP contribution in [0.3, 0.4) is 0 Å². The van der Waals surface area contributed by atoms with Crippen molar-refractivity contribution in [1.29, 1.82) is 0 Å². The predicted molar refractivity (Wildman–Crippen MR) is 72.8 cm³/mol. The van der Waals surface area contributed by atoms with Crippen LogP contribution in [0.5, 0.6) is 0 Å². The Morgan fingerprint density at radius 2 is 1.85 bits per heavy atom. The zero-order valence-corrected chi connectivity index (χ0v) is 12.4. The van der Waals surface area contributed by atoms with Gasteiger partial charge in [-0.25, -0.2) is 0 Å². The van der Waals surface area contributed by atoms with Gasteiger partial charge in [-0.2, -0.15) is 13.2 Å². The Kier molecular flexibility index (Phi) is 5.21. The molecular weight excluding hydrogens is 291 g/mol. The van der Waals surface area contributed by atoms with Crippen LogP contribution in [0.1, 0.15) is 26.3 Å². The van der Waals surface area contributed by atoms with Crippen molar-refractivity contribution in [2.45, 2.75) is 37.4 Å². The Bertz CT molecular complexity index is 495. The summed E-state index contributed by atoms with van der Waals surface area (Å²) in [5, 5.41) is 0. The van der Waals surface area contributed by atoms with Crippen LogP contribution < -0.4 is 5.73 Å². The Hall–Kier alpha value is -1.08. The molecule has 1 rings (SSSR count). The average Bonchev–Trinajstić information content (AvgIpc) is 2.25. The molecule has 2 N–H and O–H groups in total. The maximum atomic E-state index is 12.5. The van der Waals surface area contributed by atoms with Gasteiger partial charge in [0.1, 0.15) is 0 Å². The summed E-state index contributed by atoms with van der Waals surface area (Å²) in [4.78, 5) is 0.204. The van der Waals surface area contributed by atoms with Crippen molar-refractivity contribution in [1.82, 2.24) is 0 Å². The fourth-order valence-corrected chi connectivity index (χ4v) is 2.46. The molecule has 1 unspecified atom stereocenters. The quantitative estimate of drug-likeness (QED) is 0.869. The van der Waals surface area contributed by atoms with Gasteiger partial charge in [-0.1, -0.05) is 0 Å². The van der Waals surface area contributed by atoms with Crippen molar-refractivity contribution >= 4 is 16.5 Å². The first-order valence-electron chi connectivity index (χ1n) is 6.00. The molecule has 0 radical (unpaired) electrons. The number of ether oxygens (including phenoxy) is 1. The molecule has 0 saturated heterocycles. The lowest BCUT2D eigenvalue weighted by molar-refractivity contribution is -0.137. The lowest BCUT2D eigenvalue weighted by Crippen LogP contribution is -2.22. The summed E-state index contributed by atoms with van der Waals surface area (Å²) in [7, 11) is -1.48. The van der Waals surface area contributed by atoms with Gasteiger partial charge in [0.25, 0.3) is 0 Å². The van der Waals surface area contributed by atoms with Crippen molar-refractivity contribution < 1.29 is 22.1 Å². The summed E-state index contributed by atoms with van der Waals surface area (Å²) >= 11 is 0. The van der Waals surface area contributed by atoms with E-state index in [2.05, 4.69) is 0 Å². The fraction of sp³-hybridized carbons (Fsp3) is 0.538. The first-order valence-corrected chi connectivity index (χ1v) is 7.31. The number of hydrogen-bond donors (Lipinski definition) is 1. The minimum absolute atomic E-state index is 0.117. The molecule has 0 aliphatic carbocycles. The molecule has 0 aromatic heterocycles. The van der Waals surface area contributed by atoms with Crippen LogP contribution in [-0.4, -0.2) is 22.2 Å². The van der Waals surface area contributed by atoms with Crippen LogP contribution in [0.25, 0.3) is 0 Å². The van der Waals surface area contributed by atoms with Crippen molar-refractivity contribution in [2.75, 3.05) is 18.1 Å². The minimum Gasteiger partial charge on any atom is -0.398 e. The third-order valence-electron chi connectivity index (χ3n) is 2.39. The van der Waals surface area contributed by atoms with Gasteiger partial charge in [0.2, 0.25) is 0 Å². The number of anilines is 1. The number of alkyl halides is 3. The van der Waals surface area contributed by atoms with Crippen molar-refractivity contribution in [3.8, 4) is 0 Å². The van der Waals surface area contributed by atoms with Gasteiger partial charge in [-0.15, -0.1) is 0 Å². The van der Waals surface area contributed by atoms with Crippen molar-refractivity contribution in [3.05, 3.63) is 23.8 Å². The highest BCUT2D eigenvalue weighted by Crippen LogP contribution is 2.32. The highest BCUT2D eigenvalue weighted by Gasteiger charge is 2.31. The molecule has 114 valence electrons. The standard InChI is InChI=1S/C13H18F3NO2S/c1-12(2,3)19-6-7-20(18)11-5-4-9(8-10(11)17)13(14,15)16/h4-5,8H,6-7,17H2,1-3H3. The minimum atomic E-state index is -4.45. The molecular formula is C13H18F3NO2S. The van der Waals surface area contributed by atoms with Gasteiger partial charge in [0, 0.05) is 5.69 Å². The van der Waals surface area contributed by atoms with Crippen LogP contribution in [0.15, 0.2) is 23.1 Å². The first-order chi connectivity index (χ1) is 9.00. The van der Waals surface area contributed by atoms with Gasteiger partial charge >= 0.3 is 6.18 Å². The molecule has 0 heterocycles. The number of hydrogen-bond acceptors (Lipinski definition) is 3. The zero-order chi connectivity index (χ0) is 15.6. The second kappa shape index (κ2) is 6.13. The van der Waals surface area contributed by atoms with Crippen molar-refractivity contribution in [3.63, 3.8) is 0 Å². The SMILES string of the molecule is CC(C)(C)OCCS(=O)c1ccc(C(F)(F)F)cc1N. The Morgan fingerprint density at radius 3 is 2.30 bits per heavy atom. The molecule has 0 spiro atoms. The van der Waals surface area contributed by atoms with Gasteiger partial charge in [-0.05, 0) is 39.0 Å². The van der Waals surface area contributed by atoms with Gasteiger partial charge in [0.15, 0.2) is 0 Å². The molecule has 0 bridgehead atoms. The second-order valence-electron chi connectivity index (χ2n) is 5.26. The van der Waals surface area contributed by atoms with Crippen LogP contribution >= 0.6 is 0 Å². The van der Waals surface area contributed by atoms with Crippen LogP contribution in [0, 0.1) is 0 Å². The molecule has 20 heavy (non-hydrogen) atoms. The lowest BCUT2D eigenvalue weighted by Gasteiger charge is -2.19. The summed E-state index contributed by atoms with van der Waals surface area (Å²) in [6.07, 6.45) is -4.45. The molecule has 0 aliphatic heterocycles. The average molecular weight is 309 g/mol. The summed E-state index contributed by atoms with van der Waals surface area (Å²) in [5.41, 5.74) is 4.23. The second-order valence-corrected chi connectivity index (χ2v) is 6.80. The topological polar surface area (TPSA) is 52.3 Å². The molecule has 1 atom stereocenters. The third kappa shape index (κ3) is 5.13. The lowest BCUT2D eigenvalue weighted by atomic mass is 10.2. The summed E-state index contributed by atoms with van der Waals surface area (Å²) in [5.74, 6) is 0.187. The summed E-state index contributed by atoms with van der Waals surface area (Å²) in [6, 6.07) is 2.84. The molecule has 7 heteroatoms. The number of nitrogens with two attached hydrogens (primary N) is 1. The van der Waals surface area contributed by atoms with E-state index in [1.165, 1.54) is 0 Å². The van der Waals surface area contributed by atoms with E-state index >= 15 is 0 Å². The third-order valence-corrected chi connectivity index (χ3v) is 3.79. The molecule has 0 amide bonds. The predicted octanol–water partition coefficient (Wildman–Crippen LogP) is 3.21. The van der Waals surface area contributed by atoms with E-state index < -0.39 is 22.5 Å². The summed E-state index contributed by atoms with van der Waals surface area (Å²) < 4.78 is 54.9. The van der Waals surface area contributed by atoms with Crippen molar-refractivity contribution in [2.24, 2.45) is 0 Å². The van der Waals surface area contributed by atoms with Crippen LogP contribution in [0.4, 0.5) is 18.9 Å². The zero-order valence-electron chi connectivity index (χ0n) is 11.6. The van der Waals surface area contributed by atoms with Gasteiger partial charge in [0.05, 0.1) is 39.2 Å². The normalized spacial score (nSPS) is 14.3. The highest BCUT2D eigenvalue weighted by molar-refractivity contribution is 7.85. The van der Waals surface area contributed by atoms with E-state index in [4.69, 9.17) is 10.5 Å². The molecule has 1 aromatic carbocycles. The Morgan fingerprint density at radius 1 is 1.25 bits per heavy atom. The smallest absolute Gasteiger partial charge is 0.398 e. The molecule has 3 nitrogen and oxygen atoms in total. The monoisotopic (exact) mass is 309 g/mol. The largest absolute Gasteiger partial charge is 0.416 e. The molecule has 1 aromatic rings. The number of nitrogen functional groups attached to an aromatic ring is 1. The van der Waals surface area contributed by atoms with E-state index in [9.17, 15) is 17.4 Å². The number of halogens is 3. The van der Waals surface area contributed by atoms with E-state index in [1.54, 1.807) is 0 Å². The first kappa shape index (κ1) is 17.0. The summed E-state index contributed by atoms with van der Waals surface area (Å²) in [6.45, 7) is 5.84. The van der Waals surface area contributed by atoms with Gasteiger partial charge < -0.3 is 10.5 Å². The van der Waals surface area contributed by atoms with E-state index in [0.717, 1.165) is 18.2 Å². The number of benzene rings is 1. The maximum absolute atomic E-state index is 12.5. The highest BCUT2D eigenvalue weighted by atomic mass is 32.2. The van der Waals surface area contributed by atoms with E-state index in [1.807, 2.05) is 20.8 Å². The van der Waals surface area contributed by atoms with Gasteiger partial charge in [-0.3, -0.25) is 4.21 Å². The van der Waals surface area contributed by atoms with E-state index in [-0.39, 0.29) is 28.5 Å².